The summed E-state index contributed by atoms with van der Waals surface area (Å²) in [4.78, 5) is 24.4. The monoisotopic (exact) mass is 374 g/mol. The summed E-state index contributed by atoms with van der Waals surface area (Å²) in [6.07, 6.45) is 4.73. The Hall–Kier alpha value is -2.80. The van der Waals surface area contributed by atoms with Crippen LogP contribution < -0.4 is 15.4 Å². The molecule has 1 aromatic heterocycles. The summed E-state index contributed by atoms with van der Waals surface area (Å²) in [5.74, 6) is 0.0973. The van der Waals surface area contributed by atoms with E-state index in [4.69, 9.17) is 13.9 Å². The fourth-order valence-electron chi connectivity index (χ4n) is 2.51. The summed E-state index contributed by atoms with van der Waals surface area (Å²) >= 11 is 0. The highest BCUT2D eigenvalue weighted by Crippen LogP contribution is 2.24. The number of benzene rings is 1. The van der Waals surface area contributed by atoms with Crippen LogP contribution in [0.3, 0.4) is 0 Å². The number of unbranched alkanes of at least 4 members (excludes halogenated alkanes) is 1. The second kappa shape index (κ2) is 11.0. The number of nitrogens with one attached hydrogen (secondary N) is 2. The summed E-state index contributed by atoms with van der Waals surface area (Å²) in [5, 5.41) is 5.71. The quantitative estimate of drug-likeness (QED) is 0.590. The Morgan fingerprint density at radius 3 is 2.74 bits per heavy atom. The molecule has 2 amide bonds. The third kappa shape index (κ3) is 6.45. The molecule has 27 heavy (non-hydrogen) atoms. The van der Waals surface area contributed by atoms with Gasteiger partial charge in [-0.25, -0.2) is 0 Å². The molecular formula is C20H26N2O5. The van der Waals surface area contributed by atoms with Gasteiger partial charge in [0, 0.05) is 18.7 Å². The number of amides is 2. The summed E-state index contributed by atoms with van der Waals surface area (Å²) in [6.45, 7) is 2.81. The highest BCUT2D eigenvalue weighted by atomic mass is 16.5. The van der Waals surface area contributed by atoms with Crippen molar-refractivity contribution in [3.63, 3.8) is 0 Å². The van der Waals surface area contributed by atoms with Crippen molar-refractivity contribution in [1.82, 2.24) is 10.6 Å². The number of rotatable bonds is 11. The first kappa shape index (κ1) is 20.5. The molecule has 2 N–H and O–H groups in total. The van der Waals surface area contributed by atoms with Crippen LogP contribution >= 0.6 is 0 Å². The second-order valence-corrected chi connectivity index (χ2v) is 5.99. The van der Waals surface area contributed by atoms with Gasteiger partial charge >= 0.3 is 0 Å². The third-order valence-electron chi connectivity index (χ3n) is 3.98. The number of methoxy groups -OCH3 is 1. The number of para-hydroxylation sites is 1. The average Bonchev–Trinajstić information content (AvgIpc) is 3.23. The lowest BCUT2D eigenvalue weighted by Crippen LogP contribution is -2.39. The molecule has 0 fully saturated rings. The number of ether oxygens (including phenoxy) is 2. The predicted molar refractivity (Wildman–Crippen MR) is 101 cm³/mol. The van der Waals surface area contributed by atoms with Crippen LogP contribution in [0.1, 0.15) is 41.7 Å². The van der Waals surface area contributed by atoms with E-state index in [1.54, 1.807) is 13.2 Å². The van der Waals surface area contributed by atoms with Gasteiger partial charge in [-0.2, -0.15) is 0 Å². The van der Waals surface area contributed by atoms with Crippen LogP contribution in [0.25, 0.3) is 0 Å². The van der Waals surface area contributed by atoms with Crippen LogP contribution in [0.15, 0.2) is 47.3 Å². The van der Waals surface area contributed by atoms with Gasteiger partial charge in [0.15, 0.2) is 0 Å². The molecule has 1 atom stereocenters. The van der Waals surface area contributed by atoms with Crippen molar-refractivity contribution >= 4 is 11.8 Å². The second-order valence-electron chi connectivity index (χ2n) is 5.99. The SMILES string of the molecule is CCCCOCC(=O)NCC(NC(=O)c1ccoc1)c1ccccc1OC. The minimum atomic E-state index is -0.469. The fourth-order valence-corrected chi connectivity index (χ4v) is 2.51. The van der Waals surface area contributed by atoms with Gasteiger partial charge in [-0.1, -0.05) is 31.5 Å². The normalized spacial score (nSPS) is 11.6. The van der Waals surface area contributed by atoms with Gasteiger partial charge in [0.2, 0.25) is 5.91 Å². The summed E-state index contributed by atoms with van der Waals surface area (Å²) in [6, 6.07) is 8.46. The van der Waals surface area contributed by atoms with Gasteiger partial charge in [0.1, 0.15) is 18.6 Å². The highest BCUT2D eigenvalue weighted by Gasteiger charge is 2.20. The number of furan rings is 1. The molecule has 1 aromatic carbocycles. The third-order valence-corrected chi connectivity index (χ3v) is 3.98. The molecular weight excluding hydrogens is 348 g/mol. The molecule has 0 saturated heterocycles. The number of hydrogen-bond donors (Lipinski definition) is 2. The molecule has 0 bridgehead atoms. The molecule has 2 rings (SSSR count). The minimum absolute atomic E-state index is 0.00563. The summed E-state index contributed by atoms with van der Waals surface area (Å²) in [7, 11) is 1.56. The van der Waals surface area contributed by atoms with E-state index in [2.05, 4.69) is 17.6 Å². The Balaban J connectivity index is 2.03. The smallest absolute Gasteiger partial charge is 0.255 e. The Bertz CT molecular complexity index is 715. The van der Waals surface area contributed by atoms with Gasteiger partial charge in [0.25, 0.3) is 5.91 Å². The molecule has 1 heterocycles. The Morgan fingerprint density at radius 1 is 1.22 bits per heavy atom. The van der Waals surface area contributed by atoms with Crippen molar-refractivity contribution in [1.29, 1.82) is 0 Å². The van der Waals surface area contributed by atoms with E-state index in [9.17, 15) is 9.59 Å². The topological polar surface area (TPSA) is 89.8 Å². The zero-order valence-corrected chi connectivity index (χ0v) is 15.7. The van der Waals surface area contributed by atoms with E-state index >= 15 is 0 Å². The molecule has 146 valence electrons. The number of carbonyl (C=O) groups is 2. The zero-order chi connectivity index (χ0) is 19.5. The maximum Gasteiger partial charge on any atom is 0.255 e. The van der Waals surface area contributed by atoms with Crippen LogP contribution in [0.4, 0.5) is 0 Å². The first-order valence-electron chi connectivity index (χ1n) is 8.96. The van der Waals surface area contributed by atoms with Crippen molar-refractivity contribution in [3.05, 3.63) is 54.0 Å². The number of carbonyl (C=O) groups excluding carboxylic acids is 2. The molecule has 0 radical (unpaired) electrons. The van der Waals surface area contributed by atoms with E-state index in [-0.39, 0.29) is 25.0 Å². The van der Waals surface area contributed by atoms with E-state index in [0.717, 1.165) is 18.4 Å². The average molecular weight is 374 g/mol. The lowest BCUT2D eigenvalue weighted by molar-refractivity contribution is -0.125. The van der Waals surface area contributed by atoms with Gasteiger partial charge in [-0.15, -0.1) is 0 Å². The standard InChI is InChI=1S/C20H26N2O5/c1-3-4-10-26-14-19(23)21-12-17(16-7-5-6-8-18(16)25-2)22-20(24)15-9-11-27-13-15/h5-9,11,13,17H,3-4,10,12,14H2,1-2H3,(H,21,23)(H,22,24). The lowest BCUT2D eigenvalue weighted by Gasteiger charge is -2.21. The van der Waals surface area contributed by atoms with Crippen molar-refractivity contribution in [3.8, 4) is 5.75 Å². The molecule has 2 aromatic rings. The maximum atomic E-state index is 12.4. The van der Waals surface area contributed by atoms with Gasteiger partial charge in [-0.05, 0) is 18.6 Å². The molecule has 0 spiro atoms. The van der Waals surface area contributed by atoms with Crippen LogP contribution in [0, 0.1) is 0 Å². The Morgan fingerprint density at radius 2 is 2.04 bits per heavy atom. The van der Waals surface area contributed by atoms with Crippen molar-refractivity contribution in [2.45, 2.75) is 25.8 Å². The predicted octanol–water partition coefficient (Wildman–Crippen LogP) is 2.69. The van der Waals surface area contributed by atoms with E-state index < -0.39 is 6.04 Å². The maximum absolute atomic E-state index is 12.4. The molecule has 7 heteroatoms. The van der Waals surface area contributed by atoms with Crippen LogP contribution in [0.5, 0.6) is 5.75 Å². The van der Waals surface area contributed by atoms with Crippen molar-refractivity contribution in [2.75, 3.05) is 26.9 Å². The molecule has 7 nitrogen and oxygen atoms in total. The molecule has 0 saturated carbocycles. The highest BCUT2D eigenvalue weighted by molar-refractivity contribution is 5.94. The van der Waals surface area contributed by atoms with Crippen LogP contribution in [-0.4, -0.2) is 38.7 Å². The number of hydrogen-bond acceptors (Lipinski definition) is 5. The van der Waals surface area contributed by atoms with E-state index in [1.165, 1.54) is 12.5 Å². The van der Waals surface area contributed by atoms with E-state index in [0.29, 0.717) is 17.9 Å². The molecule has 0 aliphatic rings. The Kier molecular flexibility index (Phi) is 8.38. The lowest BCUT2D eigenvalue weighted by atomic mass is 10.0. The van der Waals surface area contributed by atoms with Crippen LogP contribution in [-0.2, 0) is 9.53 Å². The first-order valence-corrected chi connectivity index (χ1v) is 8.96. The largest absolute Gasteiger partial charge is 0.496 e. The first-order chi connectivity index (χ1) is 13.2. The fraction of sp³-hybridized carbons (Fsp3) is 0.400. The van der Waals surface area contributed by atoms with Crippen LogP contribution in [0.2, 0.25) is 0 Å². The molecule has 1 unspecified atom stereocenters. The van der Waals surface area contributed by atoms with E-state index in [1.807, 2.05) is 24.3 Å². The summed E-state index contributed by atoms with van der Waals surface area (Å²) < 4.78 is 15.7. The molecule has 0 aliphatic carbocycles. The van der Waals surface area contributed by atoms with Gasteiger partial charge in [-0.3, -0.25) is 9.59 Å². The van der Waals surface area contributed by atoms with Gasteiger partial charge in [0.05, 0.1) is 25.0 Å². The van der Waals surface area contributed by atoms with Gasteiger partial charge < -0.3 is 24.5 Å². The minimum Gasteiger partial charge on any atom is -0.496 e. The van der Waals surface area contributed by atoms with Crippen molar-refractivity contribution in [2.24, 2.45) is 0 Å². The summed E-state index contributed by atoms with van der Waals surface area (Å²) in [5.41, 5.74) is 1.17. The van der Waals surface area contributed by atoms with Crippen molar-refractivity contribution < 1.29 is 23.5 Å². The zero-order valence-electron chi connectivity index (χ0n) is 15.7. The molecule has 0 aliphatic heterocycles. The Labute approximate surface area is 159 Å².